The van der Waals surface area contributed by atoms with E-state index in [2.05, 4.69) is 11.4 Å². The molecule has 3 aromatic carbocycles. The highest BCUT2D eigenvalue weighted by Crippen LogP contribution is 2.26. The van der Waals surface area contributed by atoms with Gasteiger partial charge in [-0.15, -0.1) is 0 Å². The molecule has 0 amide bonds. The number of benzene rings is 3. The van der Waals surface area contributed by atoms with E-state index in [1.165, 1.54) is 0 Å². The van der Waals surface area contributed by atoms with Crippen LogP contribution in [0.1, 0.15) is 22.3 Å². The number of hydrogen-bond donors (Lipinski definition) is 2. The van der Waals surface area contributed by atoms with E-state index in [0.717, 1.165) is 39.3 Å². The lowest BCUT2D eigenvalue weighted by Gasteiger charge is -2.11. The van der Waals surface area contributed by atoms with Crippen LogP contribution in [0.25, 0.3) is 0 Å². The molecule has 1 aliphatic heterocycles. The monoisotopic (exact) mass is 370 g/mol. The van der Waals surface area contributed by atoms with Crippen LogP contribution in [0.3, 0.4) is 0 Å². The standard InChI is InChI=1S/C22H19BN2O3/c1-15-10-21(11-18-14-27-23(26)22(15)18)28-20-8-4-17(5-9-20)13-25-19-6-2-16(12-24)3-7-19/h2-11,25-26H,13-14H2,1H3. The Morgan fingerprint density at radius 1 is 1.11 bits per heavy atom. The summed E-state index contributed by atoms with van der Waals surface area (Å²) in [6.07, 6.45) is 0. The Balaban J connectivity index is 1.39. The van der Waals surface area contributed by atoms with Crippen molar-refractivity contribution < 1.29 is 14.4 Å². The largest absolute Gasteiger partial charge is 0.492 e. The van der Waals surface area contributed by atoms with Crippen molar-refractivity contribution in [2.75, 3.05) is 5.32 Å². The number of nitrogens with zero attached hydrogens (tertiary/aromatic N) is 1. The molecule has 0 spiro atoms. The van der Waals surface area contributed by atoms with Crippen molar-refractivity contribution in [3.05, 3.63) is 82.9 Å². The highest BCUT2D eigenvalue weighted by Gasteiger charge is 2.29. The topological polar surface area (TPSA) is 74.5 Å². The van der Waals surface area contributed by atoms with Crippen LogP contribution in [0.5, 0.6) is 11.5 Å². The van der Waals surface area contributed by atoms with Gasteiger partial charge in [-0.05, 0) is 77.6 Å². The summed E-state index contributed by atoms with van der Waals surface area (Å²) in [7, 11) is -0.841. The molecule has 1 heterocycles. The van der Waals surface area contributed by atoms with Crippen LogP contribution in [0.15, 0.2) is 60.7 Å². The molecule has 3 aromatic rings. The molecule has 5 nitrogen and oxygen atoms in total. The maximum absolute atomic E-state index is 9.85. The number of fused-ring (bicyclic) bond motifs is 1. The Morgan fingerprint density at radius 3 is 2.57 bits per heavy atom. The van der Waals surface area contributed by atoms with Gasteiger partial charge in [0.2, 0.25) is 0 Å². The Hall–Kier alpha value is -3.27. The zero-order chi connectivity index (χ0) is 19.5. The van der Waals surface area contributed by atoms with E-state index >= 15 is 0 Å². The molecule has 0 radical (unpaired) electrons. The minimum Gasteiger partial charge on any atom is -0.457 e. The van der Waals surface area contributed by atoms with E-state index in [9.17, 15) is 5.02 Å². The van der Waals surface area contributed by atoms with E-state index in [1.807, 2.05) is 55.5 Å². The molecular formula is C22H19BN2O3. The van der Waals surface area contributed by atoms with E-state index in [0.29, 0.717) is 18.7 Å². The van der Waals surface area contributed by atoms with Crippen molar-refractivity contribution >= 4 is 18.3 Å². The molecule has 1 aliphatic rings. The zero-order valence-electron chi connectivity index (χ0n) is 15.5. The first-order valence-corrected chi connectivity index (χ1v) is 9.06. The van der Waals surface area contributed by atoms with Crippen molar-refractivity contribution in [3.8, 4) is 17.6 Å². The van der Waals surface area contributed by atoms with Gasteiger partial charge in [-0.3, -0.25) is 0 Å². The number of nitriles is 1. The molecule has 138 valence electrons. The molecular weight excluding hydrogens is 351 g/mol. The first kappa shape index (κ1) is 18.1. The average Bonchev–Trinajstić information content (AvgIpc) is 3.09. The van der Waals surface area contributed by atoms with Gasteiger partial charge in [0, 0.05) is 12.2 Å². The third-order valence-electron chi connectivity index (χ3n) is 4.76. The number of rotatable bonds is 5. The SMILES string of the molecule is Cc1cc(Oc2ccc(CNc3ccc(C#N)cc3)cc2)cc2c1B(O)OC2. The number of aryl methyl sites for hydroxylation is 1. The fourth-order valence-corrected chi connectivity index (χ4v) is 3.30. The molecule has 0 saturated carbocycles. The molecule has 0 aliphatic carbocycles. The highest BCUT2D eigenvalue weighted by atomic mass is 16.5. The number of hydrogen-bond acceptors (Lipinski definition) is 5. The van der Waals surface area contributed by atoms with Crippen LogP contribution in [0.2, 0.25) is 0 Å². The van der Waals surface area contributed by atoms with Crippen molar-refractivity contribution in [1.29, 1.82) is 5.26 Å². The summed E-state index contributed by atoms with van der Waals surface area (Å²) in [5, 5.41) is 22.0. The smallest absolute Gasteiger partial charge is 0.457 e. The molecule has 0 unspecified atom stereocenters. The summed E-state index contributed by atoms with van der Waals surface area (Å²) >= 11 is 0. The molecule has 0 bridgehead atoms. The van der Waals surface area contributed by atoms with Crippen LogP contribution in [0.4, 0.5) is 5.69 Å². The molecule has 2 N–H and O–H groups in total. The second-order valence-corrected chi connectivity index (χ2v) is 6.77. The molecule has 0 aromatic heterocycles. The molecule has 0 atom stereocenters. The van der Waals surface area contributed by atoms with Gasteiger partial charge in [-0.25, -0.2) is 0 Å². The van der Waals surface area contributed by atoms with Crippen LogP contribution in [-0.4, -0.2) is 12.1 Å². The van der Waals surface area contributed by atoms with Crippen LogP contribution in [0, 0.1) is 18.3 Å². The van der Waals surface area contributed by atoms with Gasteiger partial charge in [0.15, 0.2) is 0 Å². The summed E-state index contributed by atoms with van der Waals surface area (Å²) in [6, 6.07) is 21.2. The fourth-order valence-electron chi connectivity index (χ4n) is 3.30. The Labute approximate surface area is 164 Å². The van der Waals surface area contributed by atoms with Gasteiger partial charge >= 0.3 is 7.12 Å². The second-order valence-electron chi connectivity index (χ2n) is 6.77. The van der Waals surface area contributed by atoms with E-state index in [-0.39, 0.29) is 0 Å². The first-order valence-electron chi connectivity index (χ1n) is 9.06. The predicted molar refractivity (Wildman–Crippen MR) is 109 cm³/mol. The van der Waals surface area contributed by atoms with Gasteiger partial charge in [0.1, 0.15) is 11.5 Å². The van der Waals surface area contributed by atoms with Crippen molar-refractivity contribution in [2.45, 2.75) is 20.1 Å². The fraction of sp³-hybridized carbons (Fsp3) is 0.136. The first-order chi connectivity index (χ1) is 13.6. The summed E-state index contributed by atoms with van der Waals surface area (Å²) in [5.74, 6) is 1.48. The van der Waals surface area contributed by atoms with Crippen LogP contribution in [-0.2, 0) is 17.8 Å². The molecule has 4 rings (SSSR count). The second kappa shape index (κ2) is 7.77. The third kappa shape index (κ3) is 3.86. The summed E-state index contributed by atoms with van der Waals surface area (Å²) in [5.41, 5.74) is 5.51. The van der Waals surface area contributed by atoms with Crippen LogP contribution >= 0.6 is 0 Å². The van der Waals surface area contributed by atoms with Gasteiger partial charge in [-0.2, -0.15) is 5.26 Å². The summed E-state index contributed by atoms with van der Waals surface area (Å²) in [4.78, 5) is 0. The normalized spacial score (nSPS) is 12.4. The van der Waals surface area contributed by atoms with Crippen LogP contribution < -0.4 is 15.5 Å². The lowest BCUT2D eigenvalue weighted by atomic mass is 9.76. The molecule has 6 heteroatoms. The van der Waals surface area contributed by atoms with Gasteiger partial charge < -0.3 is 19.7 Å². The minimum absolute atomic E-state index is 0.397. The average molecular weight is 370 g/mol. The lowest BCUT2D eigenvalue weighted by molar-refractivity contribution is 0.275. The Morgan fingerprint density at radius 2 is 1.86 bits per heavy atom. The summed E-state index contributed by atoms with van der Waals surface area (Å²) < 4.78 is 11.3. The van der Waals surface area contributed by atoms with E-state index < -0.39 is 7.12 Å². The summed E-state index contributed by atoms with van der Waals surface area (Å²) in [6.45, 7) is 3.02. The minimum atomic E-state index is -0.841. The van der Waals surface area contributed by atoms with Crippen molar-refractivity contribution in [2.24, 2.45) is 0 Å². The highest BCUT2D eigenvalue weighted by molar-refractivity contribution is 6.62. The van der Waals surface area contributed by atoms with Gasteiger partial charge in [0.05, 0.1) is 18.2 Å². The zero-order valence-corrected chi connectivity index (χ0v) is 15.5. The molecule has 0 fully saturated rings. The molecule has 28 heavy (non-hydrogen) atoms. The van der Waals surface area contributed by atoms with Gasteiger partial charge in [0.25, 0.3) is 0 Å². The predicted octanol–water partition coefficient (Wildman–Crippen LogP) is 3.49. The number of ether oxygens (including phenoxy) is 1. The van der Waals surface area contributed by atoms with Gasteiger partial charge in [-0.1, -0.05) is 12.1 Å². The van der Waals surface area contributed by atoms with E-state index in [1.54, 1.807) is 12.1 Å². The maximum atomic E-state index is 9.85. The Kier molecular flexibility index (Phi) is 5.03. The van der Waals surface area contributed by atoms with E-state index in [4.69, 9.17) is 14.7 Å². The number of nitrogens with one attached hydrogen (secondary N) is 1. The Bertz CT molecular complexity index is 1030. The quantitative estimate of drug-likeness (QED) is 0.673. The van der Waals surface area contributed by atoms with Crippen molar-refractivity contribution in [1.82, 2.24) is 0 Å². The van der Waals surface area contributed by atoms with Crippen molar-refractivity contribution in [3.63, 3.8) is 0 Å². The number of anilines is 1. The lowest BCUT2D eigenvalue weighted by Crippen LogP contribution is -2.30. The third-order valence-corrected chi connectivity index (χ3v) is 4.76. The molecule has 0 saturated heterocycles. The maximum Gasteiger partial charge on any atom is 0.492 e.